The van der Waals surface area contributed by atoms with Crippen LogP contribution in [-0.2, 0) is 6.42 Å². The van der Waals surface area contributed by atoms with Gasteiger partial charge in [-0.05, 0) is 37.1 Å². The first-order valence-corrected chi connectivity index (χ1v) is 10.5. The van der Waals surface area contributed by atoms with E-state index in [1.54, 1.807) is 6.20 Å². The molecule has 0 bridgehead atoms. The van der Waals surface area contributed by atoms with Crippen molar-refractivity contribution in [2.45, 2.75) is 44.2 Å². The smallest absolute Gasteiger partial charge is 0.256 e. The number of hydrogen-bond donors (Lipinski definition) is 4. The van der Waals surface area contributed by atoms with E-state index in [1.165, 1.54) is 0 Å². The first-order chi connectivity index (χ1) is 14.7. The van der Waals surface area contributed by atoms with E-state index in [4.69, 9.17) is 5.73 Å². The van der Waals surface area contributed by atoms with Gasteiger partial charge in [-0.15, -0.1) is 0 Å². The van der Waals surface area contributed by atoms with Gasteiger partial charge in [0.25, 0.3) is 5.91 Å². The monoisotopic (exact) mass is 403 g/mol. The highest BCUT2D eigenvalue weighted by molar-refractivity contribution is 6.01. The van der Waals surface area contributed by atoms with Crippen LogP contribution in [0.1, 0.15) is 41.7 Å². The van der Waals surface area contributed by atoms with Crippen molar-refractivity contribution < 1.29 is 4.79 Å². The van der Waals surface area contributed by atoms with Gasteiger partial charge in [-0.2, -0.15) is 4.98 Å². The van der Waals surface area contributed by atoms with E-state index < -0.39 is 0 Å². The summed E-state index contributed by atoms with van der Waals surface area (Å²) in [5.74, 6) is 0.880. The molecule has 8 heteroatoms. The number of benzene rings is 1. The Bertz CT molecular complexity index is 1100. The van der Waals surface area contributed by atoms with E-state index >= 15 is 0 Å². The number of nitrogens with one attached hydrogen (secondary N) is 3. The molecule has 5 rings (SSSR count). The number of pyridine rings is 1. The zero-order valence-corrected chi connectivity index (χ0v) is 16.7. The van der Waals surface area contributed by atoms with Gasteiger partial charge in [0.15, 0.2) is 0 Å². The van der Waals surface area contributed by atoms with Crippen molar-refractivity contribution in [1.82, 2.24) is 20.3 Å². The Morgan fingerprint density at radius 2 is 2.03 bits per heavy atom. The van der Waals surface area contributed by atoms with Crippen molar-refractivity contribution in [2.75, 3.05) is 17.2 Å². The fourth-order valence-electron chi connectivity index (χ4n) is 4.26. The highest BCUT2D eigenvalue weighted by atomic mass is 16.1. The van der Waals surface area contributed by atoms with Crippen LogP contribution in [0.2, 0.25) is 0 Å². The molecular weight excluding hydrogens is 378 g/mol. The summed E-state index contributed by atoms with van der Waals surface area (Å²) in [6, 6.07) is 10.0. The second-order valence-electron chi connectivity index (χ2n) is 7.96. The number of aromatic nitrogens is 3. The Kier molecular flexibility index (Phi) is 4.92. The highest BCUT2D eigenvalue weighted by Gasteiger charge is 2.27. The van der Waals surface area contributed by atoms with Gasteiger partial charge in [-0.1, -0.05) is 18.9 Å². The van der Waals surface area contributed by atoms with E-state index in [0.29, 0.717) is 30.3 Å². The number of fused-ring (bicyclic) bond motifs is 2. The summed E-state index contributed by atoms with van der Waals surface area (Å²) in [7, 11) is 0. The van der Waals surface area contributed by atoms with Gasteiger partial charge in [0.05, 0.1) is 11.2 Å². The van der Waals surface area contributed by atoms with E-state index in [1.807, 2.05) is 30.3 Å². The summed E-state index contributed by atoms with van der Waals surface area (Å²) in [4.78, 5) is 26.3. The number of amides is 1. The number of rotatable bonds is 4. The molecule has 8 nitrogen and oxygen atoms in total. The van der Waals surface area contributed by atoms with Crippen molar-refractivity contribution in [3.05, 3.63) is 47.8 Å². The second-order valence-corrected chi connectivity index (χ2v) is 7.96. The van der Waals surface area contributed by atoms with Crippen molar-refractivity contribution in [3.8, 4) is 0 Å². The van der Waals surface area contributed by atoms with Gasteiger partial charge < -0.3 is 21.7 Å². The topological polar surface area (TPSA) is 118 Å². The van der Waals surface area contributed by atoms with Crippen molar-refractivity contribution in [2.24, 2.45) is 5.73 Å². The van der Waals surface area contributed by atoms with Crippen molar-refractivity contribution >= 4 is 34.3 Å². The summed E-state index contributed by atoms with van der Waals surface area (Å²) in [6.45, 7) is 0.576. The molecule has 30 heavy (non-hydrogen) atoms. The molecule has 0 saturated heterocycles. The third-order valence-electron chi connectivity index (χ3n) is 5.86. The van der Waals surface area contributed by atoms with Crippen LogP contribution in [0.5, 0.6) is 0 Å². The molecular formula is C22H25N7O. The molecule has 0 spiro atoms. The predicted molar refractivity (Wildman–Crippen MR) is 117 cm³/mol. The third kappa shape index (κ3) is 3.66. The molecule has 154 valence electrons. The SMILES string of the molecule is N[C@H]1CCCC[C@H]1Nc1nc2c(c(Nc3ccc4ncccc4c3)n1)C(=O)NCC2. The van der Waals surface area contributed by atoms with E-state index in [9.17, 15) is 4.79 Å². The Morgan fingerprint density at radius 1 is 1.13 bits per heavy atom. The largest absolute Gasteiger partial charge is 0.351 e. The van der Waals surface area contributed by atoms with Crippen LogP contribution in [-0.4, -0.2) is 39.5 Å². The molecule has 1 aliphatic carbocycles. The van der Waals surface area contributed by atoms with Crippen LogP contribution in [0.15, 0.2) is 36.5 Å². The molecule has 5 N–H and O–H groups in total. The average Bonchev–Trinajstić information content (AvgIpc) is 2.75. The minimum atomic E-state index is -0.151. The lowest BCUT2D eigenvalue weighted by Gasteiger charge is -2.30. The molecule has 2 aromatic heterocycles. The van der Waals surface area contributed by atoms with Gasteiger partial charge >= 0.3 is 0 Å². The quantitative estimate of drug-likeness (QED) is 0.529. The minimum absolute atomic E-state index is 0.0890. The maximum atomic E-state index is 12.6. The van der Waals surface area contributed by atoms with Crippen LogP contribution in [0.4, 0.5) is 17.5 Å². The summed E-state index contributed by atoms with van der Waals surface area (Å²) < 4.78 is 0. The van der Waals surface area contributed by atoms with E-state index in [0.717, 1.165) is 48.0 Å². The molecule has 2 aliphatic rings. The fraction of sp³-hybridized carbons (Fsp3) is 0.364. The predicted octanol–water partition coefficient (Wildman–Crippen LogP) is 2.74. The van der Waals surface area contributed by atoms with Crippen molar-refractivity contribution in [1.29, 1.82) is 0 Å². The van der Waals surface area contributed by atoms with Gasteiger partial charge in [-0.25, -0.2) is 4.98 Å². The minimum Gasteiger partial charge on any atom is -0.351 e. The normalized spacial score (nSPS) is 21.0. The van der Waals surface area contributed by atoms with Crippen LogP contribution >= 0.6 is 0 Å². The van der Waals surface area contributed by atoms with Gasteiger partial charge in [0.2, 0.25) is 5.95 Å². The Hall–Kier alpha value is -3.26. The summed E-state index contributed by atoms with van der Waals surface area (Å²) in [5, 5.41) is 10.7. The summed E-state index contributed by atoms with van der Waals surface area (Å²) in [5.41, 5.74) is 9.32. The zero-order chi connectivity index (χ0) is 20.5. The number of anilines is 3. The lowest BCUT2D eigenvalue weighted by Crippen LogP contribution is -2.43. The number of hydrogen-bond acceptors (Lipinski definition) is 7. The number of carbonyl (C=O) groups excluding carboxylic acids is 1. The first kappa shape index (κ1) is 18.7. The molecule has 1 aliphatic heterocycles. The average molecular weight is 403 g/mol. The summed E-state index contributed by atoms with van der Waals surface area (Å²) >= 11 is 0. The van der Waals surface area contributed by atoms with Gasteiger partial charge in [0.1, 0.15) is 11.4 Å². The van der Waals surface area contributed by atoms with Crippen LogP contribution < -0.4 is 21.7 Å². The first-order valence-electron chi connectivity index (χ1n) is 10.5. The number of nitrogens with two attached hydrogens (primary N) is 1. The maximum absolute atomic E-state index is 12.6. The Morgan fingerprint density at radius 3 is 2.93 bits per heavy atom. The van der Waals surface area contributed by atoms with Crippen LogP contribution in [0.25, 0.3) is 10.9 Å². The van der Waals surface area contributed by atoms with Crippen LogP contribution in [0, 0.1) is 0 Å². The molecule has 1 fully saturated rings. The number of carbonyl (C=O) groups is 1. The van der Waals surface area contributed by atoms with Crippen LogP contribution in [0.3, 0.4) is 0 Å². The molecule has 1 amide bonds. The molecule has 1 saturated carbocycles. The standard InChI is InChI=1S/C22H25N7O/c23-15-5-1-2-6-17(15)27-22-28-18-9-11-25-21(30)19(18)20(29-22)26-14-7-8-16-13(12-14)4-3-10-24-16/h3-4,7-8,10,12,15,17H,1-2,5-6,9,11,23H2,(H,25,30)(H2,26,27,28,29)/t15-,17+/m0/s1. The van der Waals surface area contributed by atoms with Gasteiger partial charge in [0, 0.05) is 42.3 Å². The summed E-state index contributed by atoms with van der Waals surface area (Å²) in [6.07, 6.45) is 6.76. The van der Waals surface area contributed by atoms with Gasteiger partial charge in [-0.3, -0.25) is 9.78 Å². The zero-order valence-electron chi connectivity index (χ0n) is 16.7. The maximum Gasteiger partial charge on any atom is 0.256 e. The third-order valence-corrected chi connectivity index (χ3v) is 5.86. The van der Waals surface area contributed by atoms with E-state index in [-0.39, 0.29) is 18.0 Å². The second kappa shape index (κ2) is 7.87. The fourth-order valence-corrected chi connectivity index (χ4v) is 4.26. The molecule has 3 heterocycles. The molecule has 1 aromatic carbocycles. The molecule has 0 unspecified atom stereocenters. The number of nitrogens with zero attached hydrogens (tertiary/aromatic N) is 3. The molecule has 2 atom stereocenters. The lowest BCUT2D eigenvalue weighted by atomic mass is 9.91. The Balaban J connectivity index is 1.50. The molecule has 0 radical (unpaired) electrons. The highest BCUT2D eigenvalue weighted by Crippen LogP contribution is 2.28. The Labute approximate surface area is 174 Å². The van der Waals surface area contributed by atoms with Crippen molar-refractivity contribution in [3.63, 3.8) is 0 Å². The van der Waals surface area contributed by atoms with E-state index in [2.05, 4.69) is 30.9 Å². The molecule has 3 aromatic rings. The lowest BCUT2D eigenvalue weighted by molar-refractivity contribution is 0.0945.